The van der Waals surface area contributed by atoms with Crippen LogP contribution in [0.2, 0.25) is 0 Å². The average Bonchev–Trinajstić information content (AvgIpc) is 3.40. The largest absolute Gasteiger partial charge is 0.496 e. The highest BCUT2D eigenvalue weighted by Crippen LogP contribution is 2.30. The van der Waals surface area contributed by atoms with E-state index in [1.807, 2.05) is 60.3 Å². The summed E-state index contributed by atoms with van der Waals surface area (Å²) in [6.07, 6.45) is 3.69. The lowest BCUT2D eigenvalue weighted by molar-refractivity contribution is 0.398. The first kappa shape index (κ1) is 19.9. The molecule has 0 saturated heterocycles. The maximum absolute atomic E-state index is 13.9. The van der Waals surface area contributed by atoms with Gasteiger partial charge in [-0.1, -0.05) is 30.3 Å². The van der Waals surface area contributed by atoms with Crippen molar-refractivity contribution in [1.29, 1.82) is 0 Å². The maximum Gasteiger partial charge on any atom is 0.134 e. The second-order valence-electron chi connectivity index (χ2n) is 7.13. The molecule has 2 aromatic carbocycles. The number of nitrogens with one attached hydrogen (secondary N) is 1. The first-order valence-corrected chi connectivity index (χ1v) is 9.76. The van der Waals surface area contributed by atoms with Crippen LogP contribution >= 0.6 is 0 Å². The smallest absolute Gasteiger partial charge is 0.134 e. The number of halogens is 1. The number of nitrogens with zero attached hydrogens (tertiary/aromatic N) is 2. The molecule has 4 rings (SSSR count). The van der Waals surface area contributed by atoms with Crippen molar-refractivity contribution in [3.8, 4) is 17.1 Å². The van der Waals surface area contributed by atoms with Gasteiger partial charge in [-0.15, -0.1) is 0 Å². The van der Waals surface area contributed by atoms with Crippen molar-refractivity contribution in [2.45, 2.75) is 19.5 Å². The zero-order chi connectivity index (χ0) is 21.1. The van der Waals surface area contributed by atoms with Crippen LogP contribution in [0.15, 0.2) is 71.4 Å². The van der Waals surface area contributed by atoms with E-state index in [4.69, 9.17) is 9.15 Å². The molecule has 4 aromatic rings. The fraction of sp³-hybridized carbons (Fsp3) is 0.208. The average molecular weight is 405 g/mol. The minimum atomic E-state index is -0.241. The van der Waals surface area contributed by atoms with E-state index in [1.165, 1.54) is 6.07 Å². The maximum atomic E-state index is 13.9. The minimum Gasteiger partial charge on any atom is -0.496 e. The summed E-state index contributed by atoms with van der Waals surface area (Å²) in [4.78, 5) is 4.53. The Labute approximate surface area is 175 Å². The normalized spacial score (nSPS) is 12.1. The van der Waals surface area contributed by atoms with E-state index < -0.39 is 0 Å². The van der Waals surface area contributed by atoms with E-state index >= 15 is 0 Å². The highest BCUT2D eigenvalue weighted by molar-refractivity contribution is 5.62. The molecule has 154 valence electrons. The Morgan fingerprint density at radius 3 is 2.73 bits per heavy atom. The molecular formula is C24H24FN3O2. The highest BCUT2D eigenvalue weighted by Gasteiger charge is 2.22. The summed E-state index contributed by atoms with van der Waals surface area (Å²) in [7, 11) is 3.62. The summed E-state index contributed by atoms with van der Waals surface area (Å²) in [6.45, 7) is 2.23. The van der Waals surface area contributed by atoms with E-state index in [0.29, 0.717) is 17.9 Å². The number of para-hydroxylation sites is 1. The number of hydrogen-bond acceptors (Lipinski definition) is 4. The Bertz CT molecular complexity index is 1150. The van der Waals surface area contributed by atoms with Gasteiger partial charge in [-0.2, -0.15) is 0 Å². The van der Waals surface area contributed by atoms with Crippen LogP contribution in [0.25, 0.3) is 11.3 Å². The molecule has 30 heavy (non-hydrogen) atoms. The number of furan rings is 1. The van der Waals surface area contributed by atoms with Crippen LogP contribution in [-0.4, -0.2) is 16.7 Å². The van der Waals surface area contributed by atoms with Gasteiger partial charge in [0, 0.05) is 30.6 Å². The van der Waals surface area contributed by atoms with Gasteiger partial charge in [-0.05, 0) is 36.8 Å². The zero-order valence-electron chi connectivity index (χ0n) is 17.2. The molecule has 0 fully saturated rings. The first-order chi connectivity index (χ1) is 14.6. The number of methoxy groups -OCH3 is 1. The van der Waals surface area contributed by atoms with Gasteiger partial charge in [0.25, 0.3) is 0 Å². The van der Waals surface area contributed by atoms with Crippen molar-refractivity contribution in [1.82, 2.24) is 14.9 Å². The van der Waals surface area contributed by atoms with Crippen LogP contribution in [-0.2, 0) is 13.6 Å². The second kappa shape index (κ2) is 8.55. The van der Waals surface area contributed by atoms with E-state index in [1.54, 1.807) is 26.3 Å². The third kappa shape index (κ3) is 3.86. The summed E-state index contributed by atoms with van der Waals surface area (Å²) in [6, 6.07) is 16.5. The fourth-order valence-corrected chi connectivity index (χ4v) is 3.60. The molecular weight excluding hydrogens is 381 g/mol. The summed E-state index contributed by atoms with van der Waals surface area (Å²) >= 11 is 0. The summed E-state index contributed by atoms with van der Waals surface area (Å²) in [5.41, 5.74) is 2.32. The van der Waals surface area contributed by atoms with Gasteiger partial charge in [0.1, 0.15) is 28.9 Å². The number of aromatic nitrogens is 2. The van der Waals surface area contributed by atoms with Gasteiger partial charge in [-0.25, -0.2) is 9.37 Å². The molecule has 1 N–H and O–H groups in total. The monoisotopic (exact) mass is 405 g/mol. The van der Waals surface area contributed by atoms with Gasteiger partial charge >= 0.3 is 0 Å². The molecule has 5 nitrogen and oxygen atoms in total. The van der Waals surface area contributed by atoms with Gasteiger partial charge < -0.3 is 13.7 Å². The zero-order valence-corrected chi connectivity index (χ0v) is 17.2. The molecule has 0 aliphatic rings. The molecule has 0 aliphatic heterocycles. The lowest BCUT2D eigenvalue weighted by Gasteiger charge is -2.20. The Hall–Kier alpha value is -3.38. The minimum absolute atomic E-state index is 0.189. The fourth-order valence-electron chi connectivity index (χ4n) is 3.60. The SMILES string of the molecule is COc1ccccc1C(NCc1ccc(-c2cccc(F)c2C)o1)c1nccn1C. The van der Waals surface area contributed by atoms with E-state index in [0.717, 1.165) is 28.5 Å². The van der Waals surface area contributed by atoms with Gasteiger partial charge in [-0.3, -0.25) is 5.32 Å². The predicted molar refractivity (Wildman–Crippen MR) is 114 cm³/mol. The Kier molecular flexibility index (Phi) is 5.68. The summed E-state index contributed by atoms with van der Waals surface area (Å²) in [5, 5.41) is 3.53. The quantitative estimate of drug-likeness (QED) is 0.469. The van der Waals surface area contributed by atoms with Crippen molar-refractivity contribution < 1.29 is 13.5 Å². The van der Waals surface area contributed by atoms with Crippen LogP contribution in [0, 0.1) is 12.7 Å². The third-order valence-corrected chi connectivity index (χ3v) is 5.24. The molecule has 1 unspecified atom stereocenters. The molecule has 0 bridgehead atoms. The first-order valence-electron chi connectivity index (χ1n) is 9.76. The van der Waals surface area contributed by atoms with Gasteiger partial charge in [0.15, 0.2) is 0 Å². The van der Waals surface area contributed by atoms with Crippen LogP contribution in [0.3, 0.4) is 0 Å². The molecule has 1 atom stereocenters. The van der Waals surface area contributed by atoms with Crippen LogP contribution in [0.1, 0.15) is 28.8 Å². The highest BCUT2D eigenvalue weighted by atomic mass is 19.1. The lowest BCUT2D eigenvalue weighted by Crippen LogP contribution is -2.25. The van der Waals surface area contributed by atoms with E-state index in [2.05, 4.69) is 10.3 Å². The van der Waals surface area contributed by atoms with Gasteiger partial charge in [0.05, 0.1) is 19.7 Å². The van der Waals surface area contributed by atoms with Crippen molar-refractivity contribution >= 4 is 0 Å². The number of aryl methyl sites for hydroxylation is 1. The summed E-state index contributed by atoms with van der Waals surface area (Å²) in [5.74, 6) is 2.81. The number of ether oxygens (including phenoxy) is 1. The van der Waals surface area contributed by atoms with E-state index in [-0.39, 0.29) is 11.9 Å². The van der Waals surface area contributed by atoms with Crippen molar-refractivity contribution in [3.05, 3.63) is 95.5 Å². The van der Waals surface area contributed by atoms with Crippen molar-refractivity contribution in [2.75, 3.05) is 7.11 Å². The number of benzene rings is 2. The summed E-state index contributed by atoms with van der Waals surface area (Å²) < 4.78 is 27.5. The number of hydrogen-bond donors (Lipinski definition) is 1. The van der Waals surface area contributed by atoms with Crippen LogP contribution < -0.4 is 10.1 Å². The van der Waals surface area contributed by atoms with Crippen molar-refractivity contribution in [3.63, 3.8) is 0 Å². The van der Waals surface area contributed by atoms with Crippen LogP contribution in [0.4, 0.5) is 4.39 Å². The van der Waals surface area contributed by atoms with E-state index in [9.17, 15) is 4.39 Å². The molecule has 0 amide bonds. The molecule has 6 heteroatoms. The number of imidazole rings is 1. The second-order valence-corrected chi connectivity index (χ2v) is 7.13. The molecule has 0 radical (unpaired) electrons. The number of rotatable bonds is 7. The molecule has 2 heterocycles. The van der Waals surface area contributed by atoms with Crippen molar-refractivity contribution in [2.24, 2.45) is 7.05 Å². The Morgan fingerprint density at radius 1 is 1.13 bits per heavy atom. The molecule has 0 spiro atoms. The molecule has 0 saturated carbocycles. The lowest BCUT2D eigenvalue weighted by atomic mass is 10.0. The Morgan fingerprint density at radius 2 is 1.97 bits per heavy atom. The standard InChI is InChI=1S/C24H24FN3O2/c1-16-18(8-6-9-20(16)25)22-12-11-17(30-22)15-27-23(24-26-13-14-28(24)2)19-7-4-5-10-21(19)29-3/h4-14,23,27H,15H2,1-3H3. The molecule has 0 aliphatic carbocycles. The predicted octanol–water partition coefficient (Wildman–Crippen LogP) is 5.02. The topological polar surface area (TPSA) is 52.2 Å². The Balaban J connectivity index is 1.60. The van der Waals surface area contributed by atoms with Gasteiger partial charge in [0.2, 0.25) is 0 Å². The third-order valence-electron chi connectivity index (χ3n) is 5.24. The molecule has 2 aromatic heterocycles. The van der Waals surface area contributed by atoms with Crippen LogP contribution in [0.5, 0.6) is 5.75 Å².